The summed E-state index contributed by atoms with van der Waals surface area (Å²) in [5.74, 6) is 2.64. The molecule has 1 aliphatic carbocycles. The number of fused-ring (bicyclic) bond motifs is 3. The van der Waals surface area contributed by atoms with Gasteiger partial charge in [0, 0.05) is 18.2 Å². The second kappa shape index (κ2) is 8.76. The van der Waals surface area contributed by atoms with E-state index in [0.29, 0.717) is 39.0 Å². The average Bonchev–Trinajstić information content (AvgIpc) is 3.60. The Morgan fingerprint density at radius 2 is 2.14 bits per heavy atom. The Kier molecular flexibility index (Phi) is 5.72. The Hall–Kier alpha value is -2.05. The van der Waals surface area contributed by atoms with E-state index in [1.807, 2.05) is 0 Å². The molecule has 3 heterocycles. The number of rotatable bonds is 7. The molecule has 1 atom stereocenters. The standard InChI is InChI=1S/C23H30N2O4/c1(2-17-3-4-17)9-27-19-5-6-21-18(12-19)7-8-25-16-24-23(13-22(21)25)29-15-20-14-26-10-11-28-20/h5-6,12-13,17,20H,1-4,7-11,14-16H2. The zero-order valence-electron chi connectivity index (χ0n) is 17.0. The summed E-state index contributed by atoms with van der Waals surface area (Å²) in [5.41, 5.74) is 3.80. The van der Waals surface area contributed by atoms with Crippen molar-refractivity contribution in [1.82, 2.24) is 4.90 Å². The van der Waals surface area contributed by atoms with Crippen LogP contribution in [0.15, 0.2) is 29.3 Å². The summed E-state index contributed by atoms with van der Waals surface area (Å²) in [4.78, 5) is 6.89. The summed E-state index contributed by atoms with van der Waals surface area (Å²) < 4.78 is 23.0. The van der Waals surface area contributed by atoms with E-state index in [2.05, 4.69) is 34.2 Å². The van der Waals surface area contributed by atoms with Crippen molar-refractivity contribution in [2.24, 2.45) is 10.9 Å². The average molecular weight is 399 g/mol. The monoisotopic (exact) mass is 398 g/mol. The predicted molar refractivity (Wildman–Crippen MR) is 111 cm³/mol. The quantitative estimate of drug-likeness (QED) is 0.660. The van der Waals surface area contributed by atoms with E-state index in [1.165, 1.54) is 36.1 Å². The highest BCUT2D eigenvalue weighted by Gasteiger charge is 2.25. The summed E-state index contributed by atoms with van der Waals surface area (Å²) in [6.45, 7) is 4.79. The van der Waals surface area contributed by atoms with Crippen LogP contribution in [0.5, 0.6) is 5.75 Å². The number of aliphatic imine (C=N–C) groups is 1. The van der Waals surface area contributed by atoms with Crippen molar-refractivity contribution in [3.63, 3.8) is 0 Å². The number of benzene rings is 1. The molecule has 0 radical (unpaired) electrons. The van der Waals surface area contributed by atoms with Gasteiger partial charge in [0.05, 0.1) is 32.1 Å². The van der Waals surface area contributed by atoms with Crippen molar-refractivity contribution < 1.29 is 18.9 Å². The highest BCUT2D eigenvalue weighted by molar-refractivity contribution is 5.96. The smallest absolute Gasteiger partial charge is 0.212 e. The lowest BCUT2D eigenvalue weighted by molar-refractivity contribution is -0.103. The molecular formula is C23H30N2O4. The third-order valence-corrected chi connectivity index (χ3v) is 6.03. The van der Waals surface area contributed by atoms with E-state index in [0.717, 1.165) is 37.7 Å². The maximum atomic E-state index is 6.01. The maximum Gasteiger partial charge on any atom is 0.212 e. The molecule has 6 nitrogen and oxygen atoms in total. The van der Waals surface area contributed by atoms with Crippen LogP contribution in [-0.4, -0.2) is 63.1 Å². The van der Waals surface area contributed by atoms with E-state index in [-0.39, 0.29) is 6.10 Å². The van der Waals surface area contributed by atoms with Crippen LogP contribution in [0.25, 0.3) is 5.70 Å². The lowest BCUT2D eigenvalue weighted by Crippen LogP contribution is -2.35. The zero-order chi connectivity index (χ0) is 19.5. The van der Waals surface area contributed by atoms with Gasteiger partial charge in [-0.3, -0.25) is 0 Å². The summed E-state index contributed by atoms with van der Waals surface area (Å²) in [6.07, 6.45) is 8.37. The Labute approximate surface area is 172 Å². The first-order valence-corrected chi connectivity index (χ1v) is 10.9. The summed E-state index contributed by atoms with van der Waals surface area (Å²) in [5, 5.41) is 0. The van der Waals surface area contributed by atoms with Crippen molar-refractivity contribution in [3.8, 4) is 5.75 Å². The SMILES string of the molecule is C1=C2c3ccc(OCCCC4CC4)cc3CCN2CN=C1OCC1COCCO1. The molecule has 2 fully saturated rings. The van der Waals surface area contributed by atoms with E-state index in [9.17, 15) is 0 Å². The number of hydrogen-bond acceptors (Lipinski definition) is 6. The maximum absolute atomic E-state index is 6.01. The molecule has 3 aliphatic heterocycles. The van der Waals surface area contributed by atoms with Crippen LogP contribution in [0.2, 0.25) is 0 Å². The first-order valence-electron chi connectivity index (χ1n) is 10.9. The lowest BCUT2D eigenvalue weighted by Gasteiger charge is -2.34. The van der Waals surface area contributed by atoms with Gasteiger partial charge in [0.25, 0.3) is 0 Å². The van der Waals surface area contributed by atoms with Gasteiger partial charge in [-0.15, -0.1) is 0 Å². The van der Waals surface area contributed by atoms with E-state index >= 15 is 0 Å². The van der Waals surface area contributed by atoms with Crippen molar-refractivity contribution in [2.45, 2.75) is 38.2 Å². The third-order valence-electron chi connectivity index (χ3n) is 6.03. The molecule has 5 rings (SSSR count). The molecule has 0 aromatic heterocycles. The number of hydrogen-bond donors (Lipinski definition) is 0. The molecular weight excluding hydrogens is 368 g/mol. The molecule has 0 bridgehead atoms. The van der Waals surface area contributed by atoms with Gasteiger partial charge in [0.15, 0.2) is 0 Å². The molecule has 1 aromatic rings. The van der Waals surface area contributed by atoms with Gasteiger partial charge < -0.3 is 23.8 Å². The Morgan fingerprint density at radius 1 is 1.17 bits per heavy atom. The fourth-order valence-electron chi connectivity index (χ4n) is 4.16. The molecule has 1 unspecified atom stereocenters. The van der Waals surface area contributed by atoms with Crippen LogP contribution < -0.4 is 4.74 Å². The fraction of sp³-hybridized carbons (Fsp3) is 0.609. The third kappa shape index (κ3) is 4.75. The van der Waals surface area contributed by atoms with Crippen LogP contribution in [0.4, 0.5) is 0 Å². The van der Waals surface area contributed by atoms with Gasteiger partial charge in [0.2, 0.25) is 5.90 Å². The van der Waals surface area contributed by atoms with E-state index < -0.39 is 0 Å². The summed E-state index contributed by atoms with van der Waals surface area (Å²) >= 11 is 0. The number of nitrogens with zero attached hydrogens (tertiary/aromatic N) is 2. The first-order chi connectivity index (χ1) is 14.3. The van der Waals surface area contributed by atoms with Gasteiger partial charge in [0.1, 0.15) is 25.1 Å². The van der Waals surface area contributed by atoms with Gasteiger partial charge >= 0.3 is 0 Å². The minimum absolute atomic E-state index is 0.0128. The second-order valence-corrected chi connectivity index (χ2v) is 8.31. The fourth-order valence-corrected chi connectivity index (χ4v) is 4.16. The Morgan fingerprint density at radius 3 is 3.00 bits per heavy atom. The van der Waals surface area contributed by atoms with Crippen LogP contribution in [-0.2, 0) is 20.6 Å². The minimum Gasteiger partial charge on any atom is -0.494 e. The van der Waals surface area contributed by atoms with Crippen molar-refractivity contribution in [3.05, 3.63) is 35.4 Å². The predicted octanol–water partition coefficient (Wildman–Crippen LogP) is 3.26. The highest BCUT2D eigenvalue weighted by Crippen LogP contribution is 2.34. The van der Waals surface area contributed by atoms with Gasteiger partial charge in [-0.25, -0.2) is 4.99 Å². The normalized spacial score (nSPS) is 23.6. The molecule has 1 aromatic carbocycles. The Balaban J connectivity index is 1.21. The molecule has 0 amide bonds. The zero-order valence-corrected chi connectivity index (χ0v) is 17.0. The molecule has 1 saturated heterocycles. The summed E-state index contributed by atoms with van der Waals surface area (Å²) in [6, 6.07) is 6.49. The molecule has 4 aliphatic rings. The van der Waals surface area contributed by atoms with Gasteiger partial charge in [-0.1, -0.05) is 12.8 Å². The number of ether oxygens (including phenoxy) is 4. The molecule has 1 saturated carbocycles. The largest absolute Gasteiger partial charge is 0.494 e. The van der Waals surface area contributed by atoms with Crippen molar-refractivity contribution in [2.75, 3.05) is 46.2 Å². The van der Waals surface area contributed by atoms with Crippen molar-refractivity contribution >= 4 is 11.6 Å². The molecule has 156 valence electrons. The summed E-state index contributed by atoms with van der Waals surface area (Å²) in [7, 11) is 0. The molecule has 0 N–H and O–H groups in total. The first kappa shape index (κ1) is 18.9. The highest BCUT2D eigenvalue weighted by atomic mass is 16.6. The van der Waals surface area contributed by atoms with E-state index in [4.69, 9.17) is 18.9 Å². The van der Waals surface area contributed by atoms with Gasteiger partial charge in [-0.2, -0.15) is 0 Å². The second-order valence-electron chi connectivity index (χ2n) is 8.31. The van der Waals surface area contributed by atoms with Crippen LogP contribution in [0, 0.1) is 5.92 Å². The molecule has 29 heavy (non-hydrogen) atoms. The molecule has 6 heteroatoms. The van der Waals surface area contributed by atoms with Crippen LogP contribution in [0.3, 0.4) is 0 Å². The van der Waals surface area contributed by atoms with Gasteiger partial charge in [-0.05, 0) is 48.9 Å². The Bertz CT molecular complexity index is 781. The van der Waals surface area contributed by atoms with E-state index in [1.54, 1.807) is 0 Å². The van der Waals surface area contributed by atoms with Crippen molar-refractivity contribution in [1.29, 1.82) is 0 Å². The molecule has 0 spiro atoms. The topological polar surface area (TPSA) is 52.5 Å². The lowest BCUT2D eigenvalue weighted by atomic mass is 9.95. The van der Waals surface area contributed by atoms with Crippen LogP contribution >= 0.6 is 0 Å². The van der Waals surface area contributed by atoms with Crippen LogP contribution in [0.1, 0.15) is 36.8 Å². The minimum atomic E-state index is -0.0128.